The maximum absolute atomic E-state index is 11.3. The van der Waals surface area contributed by atoms with Crippen molar-refractivity contribution in [3.63, 3.8) is 0 Å². The zero-order valence-corrected chi connectivity index (χ0v) is 10.5. The fourth-order valence-corrected chi connectivity index (χ4v) is 2.05. The highest BCUT2D eigenvalue weighted by Gasteiger charge is 2.30. The third kappa shape index (κ3) is 3.13. The number of carbonyl (C=O) groups excluding carboxylic acids is 1. The fourth-order valence-electron chi connectivity index (χ4n) is 1.86. The number of hydrogen-bond acceptors (Lipinski definition) is 4. The van der Waals surface area contributed by atoms with Gasteiger partial charge in [-0.2, -0.15) is 0 Å². The van der Waals surface area contributed by atoms with Gasteiger partial charge in [-0.15, -0.1) is 0 Å². The van der Waals surface area contributed by atoms with E-state index >= 15 is 0 Å². The number of ether oxygens (including phenoxy) is 2. The van der Waals surface area contributed by atoms with Crippen molar-refractivity contribution >= 4 is 17.5 Å². The van der Waals surface area contributed by atoms with Crippen LogP contribution in [0.15, 0.2) is 24.3 Å². The quantitative estimate of drug-likeness (QED) is 0.491. The summed E-state index contributed by atoms with van der Waals surface area (Å²) in [5, 5.41) is 0.562. The van der Waals surface area contributed by atoms with Crippen molar-refractivity contribution < 1.29 is 14.3 Å². The molecule has 2 rings (SSSR count). The number of benzene rings is 1. The van der Waals surface area contributed by atoms with Crippen LogP contribution in [-0.2, 0) is 9.53 Å². The van der Waals surface area contributed by atoms with Crippen LogP contribution in [0.2, 0.25) is 5.02 Å². The average Bonchev–Trinajstić information content (AvgIpc) is 2.86. The molecule has 18 heavy (non-hydrogen) atoms. The summed E-state index contributed by atoms with van der Waals surface area (Å²) in [4.78, 5) is 11.3. The number of rotatable bonds is 4. The summed E-state index contributed by atoms with van der Waals surface area (Å²) in [6.45, 7) is 0.373. The molecule has 1 fully saturated rings. The van der Waals surface area contributed by atoms with Crippen LogP contribution in [0.4, 0.5) is 0 Å². The number of amides is 1. The largest absolute Gasteiger partial charge is 0.489 e. The van der Waals surface area contributed by atoms with Crippen molar-refractivity contribution in [1.82, 2.24) is 5.43 Å². The average molecular weight is 271 g/mol. The zero-order valence-electron chi connectivity index (χ0n) is 9.77. The molecule has 2 atom stereocenters. The molecule has 1 amide bonds. The molecule has 5 nitrogen and oxygen atoms in total. The van der Waals surface area contributed by atoms with Crippen LogP contribution in [0, 0.1) is 0 Å². The fraction of sp³-hybridized carbons (Fsp3) is 0.417. The molecule has 1 saturated heterocycles. The minimum atomic E-state index is -0.477. The molecule has 1 aromatic carbocycles. The second-order valence-corrected chi connectivity index (χ2v) is 4.48. The van der Waals surface area contributed by atoms with Crippen molar-refractivity contribution in [2.24, 2.45) is 5.84 Å². The van der Waals surface area contributed by atoms with E-state index in [0.29, 0.717) is 23.8 Å². The van der Waals surface area contributed by atoms with Gasteiger partial charge >= 0.3 is 0 Å². The number of carbonyl (C=O) groups is 1. The Bertz CT molecular complexity index is 428. The van der Waals surface area contributed by atoms with Crippen molar-refractivity contribution in [2.75, 3.05) is 6.61 Å². The Morgan fingerprint density at radius 1 is 1.50 bits per heavy atom. The molecule has 1 aliphatic rings. The van der Waals surface area contributed by atoms with Crippen LogP contribution in [0.1, 0.15) is 12.8 Å². The molecule has 0 spiro atoms. The highest BCUT2D eigenvalue weighted by atomic mass is 35.5. The van der Waals surface area contributed by atoms with E-state index in [1.165, 1.54) is 0 Å². The minimum absolute atomic E-state index is 0.108. The molecule has 0 aromatic heterocycles. The number of nitrogens with two attached hydrogens (primary N) is 1. The van der Waals surface area contributed by atoms with Gasteiger partial charge in [-0.3, -0.25) is 10.2 Å². The number of halogens is 1. The first kappa shape index (κ1) is 13.1. The maximum Gasteiger partial charge on any atom is 0.263 e. The molecular weight excluding hydrogens is 256 g/mol. The molecule has 1 aromatic rings. The van der Waals surface area contributed by atoms with Gasteiger partial charge in [0.2, 0.25) is 0 Å². The second kappa shape index (κ2) is 6.04. The van der Waals surface area contributed by atoms with Crippen LogP contribution >= 0.6 is 11.6 Å². The van der Waals surface area contributed by atoms with Gasteiger partial charge in [0, 0.05) is 0 Å². The Labute approximate surface area is 110 Å². The van der Waals surface area contributed by atoms with Gasteiger partial charge in [0.15, 0.2) is 0 Å². The summed E-state index contributed by atoms with van der Waals surface area (Å²) in [7, 11) is 0. The first-order chi connectivity index (χ1) is 8.70. The lowest BCUT2D eigenvalue weighted by Crippen LogP contribution is -2.39. The van der Waals surface area contributed by atoms with Crippen LogP contribution in [0.25, 0.3) is 0 Å². The monoisotopic (exact) mass is 270 g/mol. The Morgan fingerprint density at radius 2 is 2.28 bits per heavy atom. The third-order valence-electron chi connectivity index (χ3n) is 2.80. The Morgan fingerprint density at radius 3 is 3.00 bits per heavy atom. The predicted octanol–water partition coefficient (Wildman–Crippen LogP) is 1.26. The summed E-state index contributed by atoms with van der Waals surface area (Å²) in [5.41, 5.74) is 2.08. The van der Waals surface area contributed by atoms with E-state index in [1.54, 1.807) is 12.1 Å². The smallest absolute Gasteiger partial charge is 0.263 e. The van der Waals surface area contributed by atoms with Crippen LogP contribution in [0.3, 0.4) is 0 Å². The molecule has 0 aliphatic carbocycles. The normalized spacial score (nSPS) is 22.8. The van der Waals surface area contributed by atoms with E-state index in [0.717, 1.165) is 6.42 Å². The molecule has 6 heteroatoms. The predicted molar refractivity (Wildman–Crippen MR) is 67.2 cm³/mol. The van der Waals surface area contributed by atoms with Crippen LogP contribution in [0.5, 0.6) is 5.75 Å². The maximum atomic E-state index is 11.3. The Kier molecular flexibility index (Phi) is 4.41. The Balaban J connectivity index is 1.82. The lowest BCUT2D eigenvalue weighted by Gasteiger charge is -2.14. The molecule has 98 valence electrons. The minimum Gasteiger partial charge on any atom is -0.489 e. The summed E-state index contributed by atoms with van der Waals surface area (Å²) < 4.78 is 11.1. The number of hydrazine groups is 1. The molecule has 1 heterocycles. The topological polar surface area (TPSA) is 73.6 Å². The highest BCUT2D eigenvalue weighted by Crippen LogP contribution is 2.25. The molecule has 2 unspecified atom stereocenters. The van der Waals surface area contributed by atoms with Crippen molar-refractivity contribution in [3.05, 3.63) is 29.3 Å². The van der Waals surface area contributed by atoms with Crippen LogP contribution in [-0.4, -0.2) is 24.7 Å². The highest BCUT2D eigenvalue weighted by molar-refractivity contribution is 6.32. The lowest BCUT2D eigenvalue weighted by molar-refractivity contribution is -0.132. The number of hydrogen-bond donors (Lipinski definition) is 2. The summed E-state index contributed by atoms with van der Waals surface area (Å²) in [6.07, 6.45) is 0.834. The summed E-state index contributed by atoms with van der Waals surface area (Å²) >= 11 is 5.96. The van der Waals surface area contributed by atoms with Gasteiger partial charge in [0.05, 0.1) is 11.1 Å². The lowest BCUT2D eigenvalue weighted by atomic mass is 10.2. The van der Waals surface area contributed by atoms with Crippen molar-refractivity contribution in [3.8, 4) is 5.75 Å². The first-order valence-corrected chi connectivity index (χ1v) is 6.11. The van der Waals surface area contributed by atoms with Gasteiger partial charge in [0.1, 0.15) is 18.5 Å². The Hall–Kier alpha value is -1.30. The van der Waals surface area contributed by atoms with E-state index in [4.69, 9.17) is 26.9 Å². The van der Waals surface area contributed by atoms with E-state index in [2.05, 4.69) is 5.43 Å². The van der Waals surface area contributed by atoms with Gasteiger partial charge in [0.25, 0.3) is 5.91 Å². The molecule has 1 aliphatic heterocycles. The van der Waals surface area contributed by atoms with E-state index in [9.17, 15) is 4.79 Å². The summed E-state index contributed by atoms with van der Waals surface area (Å²) in [5.74, 6) is 5.38. The molecule has 0 saturated carbocycles. The van der Waals surface area contributed by atoms with Crippen molar-refractivity contribution in [1.29, 1.82) is 0 Å². The third-order valence-corrected chi connectivity index (χ3v) is 3.12. The zero-order chi connectivity index (χ0) is 13.0. The van der Waals surface area contributed by atoms with Gasteiger partial charge in [-0.05, 0) is 25.0 Å². The molecule has 0 bridgehead atoms. The van der Waals surface area contributed by atoms with Gasteiger partial charge in [-0.1, -0.05) is 23.7 Å². The van der Waals surface area contributed by atoms with Gasteiger partial charge in [-0.25, -0.2) is 5.84 Å². The first-order valence-electron chi connectivity index (χ1n) is 5.74. The van der Waals surface area contributed by atoms with Crippen molar-refractivity contribution in [2.45, 2.75) is 25.0 Å². The number of nitrogens with one attached hydrogen (secondary N) is 1. The van der Waals surface area contributed by atoms with Gasteiger partial charge < -0.3 is 9.47 Å². The SMILES string of the molecule is NNC(=O)C1CCC(COc2ccccc2Cl)O1. The number of para-hydroxylation sites is 1. The van der Waals surface area contributed by atoms with E-state index in [1.807, 2.05) is 12.1 Å². The van der Waals surface area contributed by atoms with E-state index in [-0.39, 0.29) is 12.0 Å². The molecule has 3 N–H and O–H groups in total. The van der Waals surface area contributed by atoms with Crippen LogP contribution < -0.4 is 16.0 Å². The standard InChI is InChI=1S/C12H15ClN2O3/c13-9-3-1-2-4-10(9)17-7-8-5-6-11(18-8)12(16)15-14/h1-4,8,11H,5-7,14H2,(H,15,16). The summed E-state index contributed by atoms with van der Waals surface area (Å²) in [6, 6.07) is 7.24. The van der Waals surface area contributed by atoms with E-state index < -0.39 is 6.10 Å². The second-order valence-electron chi connectivity index (χ2n) is 4.07. The molecular formula is C12H15ClN2O3. The molecule has 0 radical (unpaired) electrons.